The minimum Gasteiger partial charge on any atom is -0.389 e. The van der Waals surface area contributed by atoms with Crippen LogP contribution in [0.4, 0.5) is 0 Å². The summed E-state index contributed by atoms with van der Waals surface area (Å²) < 4.78 is 0. The molecule has 4 nitrogen and oxygen atoms in total. The normalized spacial score (nSPS) is 15.3. The lowest BCUT2D eigenvalue weighted by atomic mass is 10.0. The number of hydrogen-bond acceptors (Lipinski definition) is 4. The van der Waals surface area contributed by atoms with Crippen molar-refractivity contribution in [3.8, 4) is 11.1 Å². The second kappa shape index (κ2) is 9.27. The zero-order valence-corrected chi connectivity index (χ0v) is 17.3. The number of rotatable bonds is 6. The Morgan fingerprint density at radius 1 is 0.724 bits per heavy atom. The van der Waals surface area contributed by atoms with Crippen molar-refractivity contribution in [1.82, 2.24) is 14.8 Å². The van der Waals surface area contributed by atoms with Gasteiger partial charge in [-0.15, -0.1) is 0 Å². The first-order valence-electron chi connectivity index (χ1n) is 10.0. The lowest BCUT2D eigenvalue weighted by Gasteiger charge is -2.34. The molecule has 3 aromatic rings. The molecule has 1 fully saturated rings. The van der Waals surface area contributed by atoms with E-state index >= 15 is 0 Å². The fraction of sp³-hybridized carbons (Fsp3) is 0.250. The molecule has 0 amide bonds. The highest BCUT2D eigenvalue weighted by molar-refractivity contribution is 7.80. The zero-order valence-electron chi connectivity index (χ0n) is 16.5. The van der Waals surface area contributed by atoms with Gasteiger partial charge in [0.05, 0.1) is 0 Å². The molecule has 0 aliphatic carbocycles. The second-order valence-electron chi connectivity index (χ2n) is 7.55. The number of aromatic nitrogens is 1. The lowest BCUT2D eigenvalue weighted by molar-refractivity contribution is 0.122. The number of thiocarbonyl (C=S) groups is 1. The molecular formula is C24H26N4S. The maximum absolute atomic E-state index is 5.68. The molecular weight excluding hydrogens is 376 g/mol. The van der Waals surface area contributed by atoms with Crippen LogP contribution in [0.1, 0.15) is 16.7 Å². The van der Waals surface area contributed by atoms with E-state index in [-0.39, 0.29) is 0 Å². The Kier molecular flexibility index (Phi) is 6.30. The maximum atomic E-state index is 5.68. The molecule has 1 aliphatic heterocycles. The topological polar surface area (TPSA) is 45.4 Å². The largest absolute Gasteiger partial charge is 0.389 e. The Morgan fingerprint density at radius 2 is 1.17 bits per heavy atom. The summed E-state index contributed by atoms with van der Waals surface area (Å²) in [6, 6.07) is 21.2. The highest BCUT2D eigenvalue weighted by Gasteiger charge is 2.17. The first-order chi connectivity index (χ1) is 14.2. The van der Waals surface area contributed by atoms with Gasteiger partial charge in [0.25, 0.3) is 0 Å². The molecule has 0 spiro atoms. The van der Waals surface area contributed by atoms with Crippen molar-refractivity contribution in [2.75, 3.05) is 26.2 Å². The summed E-state index contributed by atoms with van der Waals surface area (Å²) in [5.41, 5.74) is 11.7. The van der Waals surface area contributed by atoms with Gasteiger partial charge in [0.1, 0.15) is 4.99 Å². The number of hydrogen-bond donors (Lipinski definition) is 1. The SMILES string of the molecule is NC(=S)c1ccc(-c2ccc(CN3CCN(Cc4ccncc4)CC3)cc2)cc1. The summed E-state index contributed by atoms with van der Waals surface area (Å²) in [6.07, 6.45) is 3.74. The lowest BCUT2D eigenvalue weighted by Crippen LogP contribution is -2.45. The maximum Gasteiger partial charge on any atom is 0.103 e. The van der Waals surface area contributed by atoms with Crippen LogP contribution in [0.5, 0.6) is 0 Å². The van der Waals surface area contributed by atoms with Gasteiger partial charge in [-0.2, -0.15) is 0 Å². The molecule has 2 heterocycles. The number of benzene rings is 2. The van der Waals surface area contributed by atoms with Crippen LogP contribution in [0.15, 0.2) is 73.1 Å². The van der Waals surface area contributed by atoms with Crippen LogP contribution >= 0.6 is 12.2 Å². The van der Waals surface area contributed by atoms with Crippen LogP contribution in [0.25, 0.3) is 11.1 Å². The highest BCUT2D eigenvalue weighted by Crippen LogP contribution is 2.21. The number of nitrogens with two attached hydrogens (primary N) is 1. The van der Waals surface area contributed by atoms with Crippen molar-refractivity contribution in [2.45, 2.75) is 13.1 Å². The Balaban J connectivity index is 1.30. The number of nitrogens with zero attached hydrogens (tertiary/aromatic N) is 3. The molecule has 0 atom stereocenters. The van der Waals surface area contributed by atoms with E-state index in [0.29, 0.717) is 4.99 Å². The zero-order chi connectivity index (χ0) is 20.1. The highest BCUT2D eigenvalue weighted by atomic mass is 32.1. The van der Waals surface area contributed by atoms with E-state index in [1.807, 2.05) is 24.5 Å². The monoisotopic (exact) mass is 402 g/mol. The van der Waals surface area contributed by atoms with E-state index in [9.17, 15) is 0 Å². The van der Waals surface area contributed by atoms with Crippen molar-refractivity contribution in [2.24, 2.45) is 5.73 Å². The standard InChI is InChI=1S/C24H26N4S/c25-24(29)23-7-5-22(6-8-23)21-3-1-19(2-4-21)17-27-13-15-28(16-14-27)18-20-9-11-26-12-10-20/h1-12H,13-18H2,(H2,25,29). The fourth-order valence-corrected chi connectivity index (χ4v) is 3.88. The van der Waals surface area contributed by atoms with Gasteiger partial charge < -0.3 is 5.73 Å². The molecule has 4 rings (SSSR count). The van der Waals surface area contributed by atoms with Crippen molar-refractivity contribution >= 4 is 17.2 Å². The molecule has 0 unspecified atom stereocenters. The summed E-state index contributed by atoms with van der Waals surface area (Å²) in [5, 5.41) is 0. The fourth-order valence-electron chi connectivity index (χ4n) is 3.74. The van der Waals surface area contributed by atoms with Crippen LogP contribution < -0.4 is 5.73 Å². The first-order valence-corrected chi connectivity index (χ1v) is 10.4. The van der Waals surface area contributed by atoms with E-state index in [2.05, 4.69) is 63.3 Å². The molecule has 1 aromatic heterocycles. The van der Waals surface area contributed by atoms with E-state index in [1.165, 1.54) is 22.3 Å². The summed E-state index contributed by atoms with van der Waals surface area (Å²) in [5.74, 6) is 0. The Hall–Kier alpha value is -2.60. The van der Waals surface area contributed by atoms with Crippen LogP contribution in [0.3, 0.4) is 0 Å². The predicted molar refractivity (Wildman–Crippen MR) is 123 cm³/mol. The molecule has 2 N–H and O–H groups in total. The molecule has 1 saturated heterocycles. The Morgan fingerprint density at radius 3 is 1.66 bits per heavy atom. The molecule has 29 heavy (non-hydrogen) atoms. The van der Waals surface area contributed by atoms with Gasteiger partial charge in [0, 0.05) is 57.2 Å². The number of piperazine rings is 1. The second-order valence-corrected chi connectivity index (χ2v) is 7.99. The van der Waals surface area contributed by atoms with Crippen LogP contribution in [-0.4, -0.2) is 46.0 Å². The predicted octanol–water partition coefficient (Wildman–Crippen LogP) is 3.70. The van der Waals surface area contributed by atoms with Crippen LogP contribution in [0, 0.1) is 0 Å². The molecule has 148 valence electrons. The van der Waals surface area contributed by atoms with E-state index in [4.69, 9.17) is 18.0 Å². The Bertz CT molecular complexity index is 931. The third kappa shape index (κ3) is 5.26. The summed E-state index contributed by atoms with van der Waals surface area (Å²) in [6.45, 7) is 6.44. The van der Waals surface area contributed by atoms with Crippen molar-refractivity contribution in [1.29, 1.82) is 0 Å². The van der Waals surface area contributed by atoms with Crippen LogP contribution in [0.2, 0.25) is 0 Å². The van der Waals surface area contributed by atoms with Gasteiger partial charge in [0.2, 0.25) is 0 Å². The quantitative estimate of drug-likeness (QED) is 0.637. The average molecular weight is 403 g/mol. The molecule has 0 bridgehead atoms. The van der Waals surface area contributed by atoms with Crippen molar-refractivity contribution in [3.63, 3.8) is 0 Å². The minimum absolute atomic E-state index is 0.438. The van der Waals surface area contributed by atoms with Gasteiger partial charge in [-0.05, 0) is 34.4 Å². The molecule has 2 aromatic carbocycles. The van der Waals surface area contributed by atoms with Gasteiger partial charge in [0.15, 0.2) is 0 Å². The van der Waals surface area contributed by atoms with Crippen molar-refractivity contribution < 1.29 is 0 Å². The Labute approximate surface area is 178 Å². The first kappa shape index (κ1) is 19.7. The minimum atomic E-state index is 0.438. The third-order valence-electron chi connectivity index (χ3n) is 5.48. The smallest absolute Gasteiger partial charge is 0.103 e. The molecule has 0 saturated carbocycles. The average Bonchev–Trinajstić information content (AvgIpc) is 2.76. The van der Waals surface area contributed by atoms with Gasteiger partial charge in [-0.1, -0.05) is 60.7 Å². The van der Waals surface area contributed by atoms with Gasteiger partial charge in [-0.3, -0.25) is 14.8 Å². The summed E-state index contributed by atoms with van der Waals surface area (Å²) in [7, 11) is 0. The summed E-state index contributed by atoms with van der Waals surface area (Å²) in [4.78, 5) is 9.59. The van der Waals surface area contributed by atoms with Gasteiger partial charge >= 0.3 is 0 Å². The van der Waals surface area contributed by atoms with E-state index in [1.54, 1.807) is 0 Å². The van der Waals surface area contributed by atoms with Gasteiger partial charge in [-0.25, -0.2) is 0 Å². The van der Waals surface area contributed by atoms with Crippen LogP contribution in [-0.2, 0) is 13.1 Å². The third-order valence-corrected chi connectivity index (χ3v) is 5.72. The molecule has 1 aliphatic rings. The summed E-state index contributed by atoms with van der Waals surface area (Å²) >= 11 is 5.02. The van der Waals surface area contributed by atoms with E-state index < -0.39 is 0 Å². The van der Waals surface area contributed by atoms with Crippen molar-refractivity contribution in [3.05, 3.63) is 89.7 Å². The molecule has 5 heteroatoms. The molecule has 0 radical (unpaired) electrons. The number of pyridine rings is 1. The van der Waals surface area contributed by atoms with E-state index in [0.717, 1.165) is 44.8 Å².